The lowest BCUT2D eigenvalue weighted by Crippen LogP contribution is -2.15. The molecule has 0 amide bonds. The van der Waals surface area contributed by atoms with Gasteiger partial charge in [-0.25, -0.2) is 4.79 Å². The molecule has 0 aliphatic rings. The molecular formula is C21H22ClN3O3. The summed E-state index contributed by atoms with van der Waals surface area (Å²) < 4.78 is 8.82. The molecule has 0 radical (unpaired) electrons. The van der Waals surface area contributed by atoms with Gasteiger partial charge in [-0.1, -0.05) is 29.8 Å². The van der Waals surface area contributed by atoms with E-state index in [1.54, 1.807) is 18.7 Å². The third-order valence-corrected chi connectivity index (χ3v) is 5.32. The lowest BCUT2D eigenvalue weighted by atomic mass is 10.1. The summed E-state index contributed by atoms with van der Waals surface area (Å²) in [6.07, 6.45) is 1.44. The van der Waals surface area contributed by atoms with Gasteiger partial charge < -0.3 is 9.30 Å². The fourth-order valence-corrected chi connectivity index (χ4v) is 3.30. The first-order valence-electron chi connectivity index (χ1n) is 8.88. The number of hydrogen-bond acceptors (Lipinski definition) is 4. The molecule has 0 aliphatic heterocycles. The van der Waals surface area contributed by atoms with E-state index in [1.165, 1.54) is 6.20 Å². The van der Waals surface area contributed by atoms with Crippen molar-refractivity contribution >= 4 is 23.4 Å². The average molecular weight is 400 g/mol. The van der Waals surface area contributed by atoms with Gasteiger partial charge in [0.05, 0.1) is 6.20 Å². The summed E-state index contributed by atoms with van der Waals surface area (Å²) in [4.78, 5) is 24.8. The molecule has 0 bridgehead atoms. The lowest BCUT2D eigenvalue weighted by Gasteiger charge is -2.11. The summed E-state index contributed by atoms with van der Waals surface area (Å²) in [5, 5.41) is 4.70. The molecule has 0 N–H and O–H groups in total. The van der Waals surface area contributed by atoms with E-state index < -0.39 is 5.97 Å². The molecular weight excluding hydrogens is 378 g/mol. The number of hydrogen-bond donors (Lipinski definition) is 0. The molecule has 0 atom stereocenters. The zero-order valence-electron chi connectivity index (χ0n) is 16.3. The zero-order valence-corrected chi connectivity index (χ0v) is 17.1. The highest BCUT2D eigenvalue weighted by molar-refractivity contribution is 6.31. The summed E-state index contributed by atoms with van der Waals surface area (Å²) in [6, 6.07) is 9.44. The molecule has 2 aromatic heterocycles. The number of ether oxygens (including phenoxy) is 1. The number of nitrogens with zero attached hydrogens (tertiary/aromatic N) is 3. The van der Waals surface area contributed by atoms with Gasteiger partial charge in [0.2, 0.25) is 5.78 Å². The minimum atomic E-state index is -0.552. The highest BCUT2D eigenvalue weighted by atomic mass is 35.5. The SMILES string of the molecule is Cc1c(C(=O)OCC(=O)c2cc(C)n(Cc3ccccc3Cl)c2C)cnn1C. The van der Waals surface area contributed by atoms with E-state index in [4.69, 9.17) is 16.3 Å². The Morgan fingerprint density at radius 1 is 1.11 bits per heavy atom. The van der Waals surface area contributed by atoms with Crippen LogP contribution >= 0.6 is 11.6 Å². The maximum absolute atomic E-state index is 12.6. The van der Waals surface area contributed by atoms with Crippen LogP contribution in [0.2, 0.25) is 5.02 Å². The number of benzene rings is 1. The number of esters is 1. The largest absolute Gasteiger partial charge is 0.454 e. The molecule has 146 valence electrons. The second kappa shape index (κ2) is 8.02. The first-order chi connectivity index (χ1) is 13.3. The average Bonchev–Trinajstić information content (AvgIpc) is 3.15. The molecule has 28 heavy (non-hydrogen) atoms. The van der Waals surface area contributed by atoms with Crippen molar-refractivity contribution in [1.82, 2.24) is 14.3 Å². The molecule has 6 nitrogen and oxygen atoms in total. The fourth-order valence-electron chi connectivity index (χ4n) is 3.11. The lowest BCUT2D eigenvalue weighted by molar-refractivity contribution is 0.0473. The highest BCUT2D eigenvalue weighted by Gasteiger charge is 2.20. The third-order valence-electron chi connectivity index (χ3n) is 4.95. The Morgan fingerprint density at radius 2 is 1.82 bits per heavy atom. The zero-order chi connectivity index (χ0) is 20.4. The number of carbonyl (C=O) groups excluding carboxylic acids is 2. The van der Waals surface area contributed by atoms with Crippen molar-refractivity contribution in [2.45, 2.75) is 27.3 Å². The van der Waals surface area contributed by atoms with E-state index >= 15 is 0 Å². The molecule has 0 aliphatic carbocycles. The van der Waals surface area contributed by atoms with Crippen LogP contribution in [0.25, 0.3) is 0 Å². The second-order valence-electron chi connectivity index (χ2n) is 6.73. The maximum Gasteiger partial charge on any atom is 0.342 e. The molecule has 0 spiro atoms. The number of halogens is 1. The summed E-state index contributed by atoms with van der Waals surface area (Å²) in [7, 11) is 1.74. The van der Waals surface area contributed by atoms with Crippen molar-refractivity contribution in [3.8, 4) is 0 Å². The predicted octanol–water partition coefficient (Wildman–Crippen LogP) is 3.89. The van der Waals surface area contributed by atoms with Gasteiger partial charge in [-0.2, -0.15) is 5.10 Å². The van der Waals surface area contributed by atoms with Crippen LogP contribution in [0.3, 0.4) is 0 Å². The minimum Gasteiger partial charge on any atom is -0.454 e. The van der Waals surface area contributed by atoms with E-state index in [0.717, 1.165) is 17.0 Å². The molecule has 3 aromatic rings. The van der Waals surface area contributed by atoms with Crippen LogP contribution < -0.4 is 0 Å². The van der Waals surface area contributed by atoms with Crippen LogP contribution in [0, 0.1) is 20.8 Å². The summed E-state index contributed by atoms with van der Waals surface area (Å²) in [5.41, 5.74) is 4.32. The molecule has 7 heteroatoms. The van der Waals surface area contributed by atoms with Gasteiger partial charge in [0.1, 0.15) is 5.56 Å². The van der Waals surface area contributed by atoms with E-state index in [2.05, 4.69) is 5.10 Å². The molecule has 0 unspecified atom stereocenters. The van der Waals surface area contributed by atoms with Gasteiger partial charge in [-0.3, -0.25) is 9.48 Å². The van der Waals surface area contributed by atoms with Gasteiger partial charge in [0.25, 0.3) is 0 Å². The minimum absolute atomic E-state index is 0.242. The third kappa shape index (κ3) is 3.87. The van der Waals surface area contributed by atoms with Crippen molar-refractivity contribution < 1.29 is 14.3 Å². The van der Waals surface area contributed by atoms with Crippen LogP contribution in [-0.2, 0) is 18.3 Å². The molecule has 0 fully saturated rings. The molecule has 3 rings (SSSR count). The number of carbonyl (C=O) groups is 2. The van der Waals surface area contributed by atoms with Crippen molar-refractivity contribution in [3.63, 3.8) is 0 Å². The van der Waals surface area contributed by atoms with Crippen LogP contribution in [-0.4, -0.2) is 32.7 Å². The van der Waals surface area contributed by atoms with Gasteiger partial charge in [0.15, 0.2) is 6.61 Å². The Bertz CT molecular complexity index is 1050. The van der Waals surface area contributed by atoms with Crippen molar-refractivity contribution in [2.24, 2.45) is 7.05 Å². The Balaban J connectivity index is 1.73. The van der Waals surface area contributed by atoms with Crippen LogP contribution in [0.5, 0.6) is 0 Å². The van der Waals surface area contributed by atoms with Gasteiger partial charge in [-0.05, 0) is 38.5 Å². The van der Waals surface area contributed by atoms with Crippen molar-refractivity contribution in [1.29, 1.82) is 0 Å². The van der Waals surface area contributed by atoms with E-state index in [-0.39, 0.29) is 12.4 Å². The molecule has 2 heterocycles. The summed E-state index contributed by atoms with van der Waals surface area (Å²) in [5.74, 6) is -0.794. The predicted molar refractivity (Wildman–Crippen MR) is 107 cm³/mol. The summed E-state index contributed by atoms with van der Waals surface area (Å²) in [6.45, 7) is 5.84. The maximum atomic E-state index is 12.6. The van der Waals surface area contributed by atoms with E-state index in [9.17, 15) is 9.59 Å². The smallest absolute Gasteiger partial charge is 0.342 e. The highest BCUT2D eigenvalue weighted by Crippen LogP contribution is 2.22. The Labute approximate surface area is 168 Å². The van der Waals surface area contributed by atoms with Crippen molar-refractivity contribution in [3.05, 3.63) is 75.3 Å². The Morgan fingerprint density at radius 3 is 2.46 bits per heavy atom. The quantitative estimate of drug-likeness (QED) is 0.466. The van der Waals surface area contributed by atoms with Gasteiger partial charge >= 0.3 is 5.97 Å². The topological polar surface area (TPSA) is 66.1 Å². The number of Topliss-reactive ketones (excluding diaryl/α,β-unsaturated/α-hetero) is 1. The molecule has 0 saturated heterocycles. The van der Waals surface area contributed by atoms with Gasteiger partial charge in [-0.15, -0.1) is 0 Å². The second-order valence-corrected chi connectivity index (χ2v) is 7.14. The van der Waals surface area contributed by atoms with E-state index in [0.29, 0.717) is 28.4 Å². The standard InChI is InChI=1S/C21H22ClN3O3/c1-13-9-17(15(3)25(13)11-16-7-5-6-8-19(16)22)20(26)12-28-21(27)18-10-23-24(4)14(18)2/h5-10H,11-12H2,1-4H3. The Hall–Kier alpha value is -2.86. The van der Waals surface area contributed by atoms with Crippen molar-refractivity contribution in [2.75, 3.05) is 6.61 Å². The van der Waals surface area contributed by atoms with Crippen LogP contribution in [0.15, 0.2) is 36.5 Å². The normalized spacial score (nSPS) is 10.9. The van der Waals surface area contributed by atoms with Crippen LogP contribution in [0.4, 0.5) is 0 Å². The summed E-state index contributed by atoms with van der Waals surface area (Å²) >= 11 is 6.26. The number of rotatable bonds is 6. The molecule has 0 saturated carbocycles. The monoisotopic (exact) mass is 399 g/mol. The number of aromatic nitrogens is 3. The fraction of sp³-hybridized carbons (Fsp3) is 0.286. The van der Waals surface area contributed by atoms with Gasteiger partial charge in [0, 0.05) is 41.3 Å². The van der Waals surface area contributed by atoms with E-state index in [1.807, 2.05) is 48.7 Å². The number of aryl methyl sites for hydroxylation is 2. The first kappa shape index (κ1) is 19.9. The van der Waals surface area contributed by atoms with Crippen LogP contribution in [0.1, 0.15) is 43.4 Å². The molecule has 1 aromatic carbocycles. The Kier molecular flexibility index (Phi) is 5.70. The first-order valence-corrected chi connectivity index (χ1v) is 9.26. The number of ketones is 1.